The van der Waals surface area contributed by atoms with E-state index in [2.05, 4.69) is 13.8 Å². The van der Waals surface area contributed by atoms with Gasteiger partial charge in [0.25, 0.3) is 0 Å². The van der Waals surface area contributed by atoms with Crippen LogP contribution in [0.4, 0.5) is 0 Å². The summed E-state index contributed by atoms with van der Waals surface area (Å²) in [6.45, 7) is 4.51. The van der Waals surface area contributed by atoms with E-state index >= 15 is 0 Å². The van der Waals surface area contributed by atoms with Crippen LogP contribution in [-0.2, 0) is 9.53 Å². The molecular weight excluding hydrogens is 320 g/mol. The Morgan fingerprint density at radius 1 is 0.808 bits per heavy atom. The van der Waals surface area contributed by atoms with Crippen molar-refractivity contribution in [2.45, 2.75) is 116 Å². The Kier molecular flexibility index (Phi) is 7.88. The molecular formula is C24H42O2. The SMILES string of the molecule is CCCCCC(=O)O[C@H]1CCC2C(CCC3C[C@@H](CCCC)CCC32)C1. The van der Waals surface area contributed by atoms with Gasteiger partial charge in [-0.2, -0.15) is 0 Å². The first kappa shape index (κ1) is 20.2. The minimum atomic E-state index is 0.0621. The fourth-order valence-electron chi connectivity index (χ4n) is 6.47. The van der Waals surface area contributed by atoms with Gasteiger partial charge in [0.15, 0.2) is 0 Å². The zero-order chi connectivity index (χ0) is 18.4. The summed E-state index contributed by atoms with van der Waals surface area (Å²) in [4.78, 5) is 12.1. The summed E-state index contributed by atoms with van der Waals surface area (Å²) in [5, 5.41) is 0. The van der Waals surface area contributed by atoms with Gasteiger partial charge in [-0.1, -0.05) is 52.4 Å². The number of hydrogen-bond donors (Lipinski definition) is 0. The van der Waals surface area contributed by atoms with Crippen molar-refractivity contribution in [2.24, 2.45) is 29.6 Å². The average molecular weight is 363 g/mol. The molecule has 0 aromatic rings. The molecule has 2 nitrogen and oxygen atoms in total. The van der Waals surface area contributed by atoms with Crippen LogP contribution in [0.3, 0.4) is 0 Å². The molecule has 0 spiro atoms. The van der Waals surface area contributed by atoms with Crippen LogP contribution >= 0.6 is 0 Å². The quantitative estimate of drug-likeness (QED) is 0.346. The monoisotopic (exact) mass is 362 g/mol. The summed E-state index contributed by atoms with van der Waals surface area (Å²) in [7, 11) is 0. The van der Waals surface area contributed by atoms with E-state index in [1.165, 1.54) is 64.2 Å². The van der Waals surface area contributed by atoms with Crippen LogP contribution in [0.2, 0.25) is 0 Å². The number of ether oxygens (including phenoxy) is 1. The van der Waals surface area contributed by atoms with Crippen molar-refractivity contribution < 1.29 is 9.53 Å². The first-order valence-corrected chi connectivity index (χ1v) is 11.9. The van der Waals surface area contributed by atoms with Crippen LogP contribution in [0, 0.1) is 29.6 Å². The van der Waals surface area contributed by atoms with E-state index in [-0.39, 0.29) is 12.1 Å². The molecule has 0 heterocycles. The molecule has 2 heteroatoms. The van der Waals surface area contributed by atoms with Gasteiger partial charge in [-0.05, 0) is 81.0 Å². The van der Waals surface area contributed by atoms with Crippen molar-refractivity contribution in [2.75, 3.05) is 0 Å². The molecule has 3 aliphatic rings. The number of carbonyl (C=O) groups excluding carboxylic acids is 1. The third-order valence-electron chi connectivity index (χ3n) is 7.85. The number of carbonyl (C=O) groups is 1. The van der Waals surface area contributed by atoms with E-state index in [1.54, 1.807) is 0 Å². The molecule has 0 saturated heterocycles. The van der Waals surface area contributed by atoms with E-state index in [9.17, 15) is 4.79 Å². The second-order valence-electron chi connectivity index (χ2n) is 9.63. The first-order valence-electron chi connectivity index (χ1n) is 11.9. The maximum Gasteiger partial charge on any atom is 0.306 e. The number of rotatable bonds is 8. The van der Waals surface area contributed by atoms with E-state index in [1.807, 2.05) is 0 Å². The van der Waals surface area contributed by atoms with Gasteiger partial charge < -0.3 is 4.74 Å². The van der Waals surface area contributed by atoms with Gasteiger partial charge in [0.1, 0.15) is 6.10 Å². The third kappa shape index (κ3) is 5.26. The Bertz CT molecular complexity index is 432. The standard InChI is InChI=1S/C24H42O2/c1-3-5-7-9-24(25)26-21-13-15-23-20(17-21)12-11-19-16-18(8-6-4-2)10-14-22(19)23/h18-23H,3-17H2,1-2H3/t18-,19?,20?,21-,22?,23?/m0/s1. The van der Waals surface area contributed by atoms with Gasteiger partial charge in [0.05, 0.1) is 0 Å². The highest BCUT2D eigenvalue weighted by Crippen LogP contribution is 2.53. The van der Waals surface area contributed by atoms with Crippen molar-refractivity contribution in [1.29, 1.82) is 0 Å². The van der Waals surface area contributed by atoms with Crippen LogP contribution in [0.15, 0.2) is 0 Å². The highest BCUT2D eigenvalue weighted by Gasteiger charge is 2.44. The summed E-state index contributed by atoms with van der Waals surface area (Å²) < 4.78 is 5.85. The van der Waals surface area contributed by atoms with Crippen LogP contribution in [0.1, 0.15) is 110 Å². The van der Waals surface area contributed by atoms with Crippen LogP contribution < -0.4 is 0 Å². The zero-order valence-corrected chi connectivity index (χ0v) is 17.4. The molecule has 0 aromatic heterocycles. The summed E-state index contributed by atoms with van der Waals surface area (Å²) in [6, 6.07) is 0. The molecule has 0 amide bonds. The molecule has 26 heavy (non-hydrogen) atoms. The van der Waals surface area contributed by atoms with E-state index < -0.39 is 0 Å². The number of hydrogen-bond acceptors (Lipinski definition) is 2. The molecule has 3 saturated carbocycles. The van der Waals surface area contributed by atoms with Crippen molar-refractivity contribution in [3.05, 3.63) is 0 Å². The second-order valence-corrected chi connectivity index (χ2v) is 9.63. The van der Waals surface area contributed by atoms with Gasteiger partial charge in [-0.15, -0.1) is 0 Å². The zero-order valence-electron chi connectivity index (χ0n) is 17.4. The summed E-state index contributed by atoms with van der Waals surface area (Å²) in [5.41, 5.74) is 0. The number of fused-ring (bicyclic) bond motifs is 3. The molecule has 0 aromatic carbocycles. The molecule has 0 radical (unpaired) electrons. The first-order chi connectivity index (χ1) is 12.7. The molecule has 150 valence electrons. The molecule has 0 N–H and O–H groups in total. The Hall–Kier alpha value is -0.530. The maximum atomic E-state index is 12.1. The number of unbranched alkanes of at least 4 members (excludes halogenated alkanes) is 3. The van der Waals surface area contributed by atoms with E-state index in [4.69, 9.17) is 4.74 Å². The summed E-state index contributed by atoms with van der Waals surface area (Å²) >= 11 is 0. The van der Waals surface area contributed by atoms with Gasteiger partial charge >= 0.3 is 5.97 Å². The lowest BCUT2D eigenvalue weighted by Gasteiger charge is -2.50. The van der Waals surface area contributed by atoms with Crippen molar-refractivity contribution in [1.82, 2.24) is 0 Å². The minimum absolute atomic E-state index is 0.0621. The summed E-state index contributed by atoms with van der Waals surface area (Å²) in [5.74, 6) is 4.87. The van der Waals surface area contributed by atoms with Crippen molar-refractivity contribution in [3.63, 3.8) is 0 Å². The predicted molar refractivity (Wildman–Crippen MR) is 108 cm³/mol. The Labute approximate surface area is 161 Å². The number of esters is 1. The van der Waals surface area contributed by atoms with E-state index in [0.717, 1.165) is 55.3 Å². The molecule has 3 fully saturated rings. The van der Waals surface area contributed by atoms with Crippen molar-refractivity contribution >= 4 is 5.97 Å². The highest BCUT2D eigenvalue weighted by atomic mass is 16.5. The predicted octanol–water partition coefficient (Wildman–Crippen LogP) is 6.91. The topological polar surface area (TPSA) is 26.3 Å². The van der Waals surface area contributed by atoms with Crippen LogP contribution in [0.25, 0.3) is 0 Å². The lowest BCUT2D eigenvalue weighted by molar-refractivity contribution is -0.153. The largest absolute Gasteiger partial charge is 0.462 e. The lowest BCUT2D eigenvalue weighted by Crippen LogP contribution is -2.43. The fraction of sp³-hybridized carbons (Fsp3) is 0.958. The smallest absolute Gasteiger partial charge is 0.306 e. The maximum absolute atomic E-state index is 12.1. The van der Waals surface area contributed by atoms with Gasteiger partial charge in [0.2, 0.25) is 0 Å². The lowest BCUT2D eigenvalue weighted by atomic mass is 9.56. The molecule has 0 bridgehead atoms. The Morgan fingerprint density at radius 3 is 2.23 bits per heavy atom. The Balaban J connectivity index is 1.44. The second kappa shape index (κ2) is 10.1. The average Bonchev–Trinajstić information content (AvgIpc) is 2.66. The highest BCUT2D eigenvalue weighted by molar-refractivity contribution is 5.69. The molecule has 3 rings (SSSR count). The van der Waals surface area contributed by atoms with Gasteiger partial charge in [-0.3, -0.25) is 4.79 Å². The van der Waals surface area contributed by atoms with Crippen LogP contribution in [-0.4, -0.2) is 12.1 Å². The Morgan fingerprint density at radius 2 is 1.50 bits per heavy atom. The molecule has 4 unspecified atom stereocenters. The van der Waals surface area contributed by atoms with E-state index in [0.29, 0.717) is 6.42 Å². The summed E-state index contributed by atoms with van der Waals surface area (Å²) in [6.07, 6.45) is 19.4. The fourth-order valence-corrected chi connectivity index (χ4v) is 6.47. The third-order valence-corrected chi connectivity index (χ3v) is 7.85. The van der Waals surface area contributed by atoms with Crippen LogP contribution in [0.5, 0.6) is 0 Å². The van der Waals surface area contributed by atoms with Gasteiger partial charge in [-0.25, -0.2) is 0 Å². The minimum Gasteiger partial charge on any atom is -0.462 e. The molecule has 3 aliphatic carbocycles. The molecule has 0 aliphatic heterocycles. The normalized spacial score (nSPS) is 36.8. The molecule has 6 atom stereocenters. The van der Waals surface area contributed by atoms with Crippen molar-refractivity contribution in [3.8, 4) is 0 Å². The van der Waals surface area contributed by atoms with Gasteiger partial charge in [0, 0.05) is 6.42 Å².